The van der Waals surface area contributed by atoms with Gasteiger partial charge in [0.25, 0.3) is 0 Å². The first-order chi connectivity index (χ1) is 15.8. The predicted molar refractivity (Wildman–Crippen MR) is 132 cm³/mol. The molecule has 1 aromatic carbocycles. The normalized spacial score (nSPS) is 19.1. The number of benzene rings is 1. The van der Waals surface area contributed by atoms with E-state index in [1.54, 1.807) is 18.5 Å². The Morgan fingerprint density at radius 2 is 2.03 bits per heavy atom. The van der Waals surface area contributed by atoms with Crippen LogP contribution < -0.4 is 15.5 Å². The lowest BCUT2D eigenvalue weighted by atomic mass is 10.1. The van der Waals surface area contributed by atoms with E-state index in [0.717, 1.165) is 32.7 Å². The van der Waals surface area contributed by atoms with Gasteiger partial charge in [-0.3, -0.25) is 4.98 Å². The van der Waals surface area contributed by atoms with Crippen molar-refractivity contribution in [3.8, 4) is 11.3 Å². The number of hydrogen-bond acceptors (Lipinski definition) is 8. The number of aromatic nitrogens is 3. The first kappa shape index (κ1) is 23.6. The number of ether oxygens (including phenoxy) is 2. The fourth-order valence-electron chi connectivity index (χ4n) is 4.11. The summed E-state index contributed by atoms with van der Waals surface area (Å²) in [6, 6.07) is 7.13. The van der Waals surface area contributed by atoms with Crippen molar-refractivity contribution in [3.63, 3.8) is 0 Å². The summed E-state index contributed by atoms with van der Waals surface area (Å²) in [6.07, 6.45) is 4.24. The highest BCUT2D eigenvalue weighted by Gasteiger charge is 2.18. The molecule has 4 heterocycles. The lowest BCUT2D eigenvalue weighted by Gasteiger charge is -2.24. The fourth-order valence-corrected chi connectivity index (χ4v) is 4.11. The second-order valence-corrected chi connectivity index (χ2v) is 7.98. The Labute approximate surface area is 199 Å². The van der Waals surface area contributed by atoms with E-state index in [-0.39, 0.29) is 25.4 Å². The van der Waals surface area contributed by atoms with E-state index in [9.17, 15) is 0 Å². The van der Waals surface area contributed by atoms with E-state index in [0.29, 0.717) is 60.1 Å². The number of fused-ring (bicyclic) bond motifs is 1. The van der Waals surface area contributed by atoms with Crippen LogP contribution in [0.4, 0.5) is 15.9 Å². The van der Waals surface area contributed by atoms with Gasteiger partial charge in [0.15, 0.2) is 5.82 Å². The molecule has 0 amide bonds. The number of halogens is 1. The number of pyridine rings is 1. The first-order valence-corrected chi connectivity index (χ1v) is 11.1. The average molecular weight is 473 g/mol. The van der Waals surface area contributed by atoms with Crippen LogP contribution in [0.2, 0.25) is 0 Å². The molecule has 10 heteroatoms. The first-order valence-electron chi connectivity index (χ1n) is 11.1. The molecule has 0 radical (unpaired) electrons. The highest BCUT2D eigenvalue weighted by atomic mass is 32.1. The molecule has 2 N–H and O–H groups in total. The molecule has 2 aliphatic heterocycles. The van der Waals surface area contributed by atoms with Crippen molar-refractivity contribution < 1.29 is 13.9 Å². The van der Waals surface area contributed by atoms with E-state index >= 15 is 4.39 Å². The van der Waals surface area contributed by atoms with E-state index < -0.39 is 0 Å². The smallest absolute Gasteiger partial charge is 0.154 e. The van der Waals surface area contributed by atoms with Gasteiger partial charge in [-0.15, -0.1) is 0 Å². The molecule has 8 nitrogen and oxygen atoms in total. The van der Waals surface area contributed by atoms with Gasteiger partial charge < -0.3 is 25.0 Å². The maximum absolute atomic E-state index is 15.1. The van der Waals surface area contributed by atoms with Gasteiger partial charge in [0.1, 0.15) is 11.3 Å². The number of rotatable bonds is 5. The van der Waals surface area contributed by atoms with Gasteiger partial charge in [0.05, 0.1) is 36.2 Å². The van der Waals surface area contributed by atoms with Gasteiger partial charge in [-0.25, -0.2) is 14.4 Å². The summed E-state index contributed by atoms with van der Waals surface area (Å²) in [5, 5.41) is 6.68. The van der Waals surface area contributed by atoms with Crippen LogP contribution in [0.25, 0.3) is 22.3 Å². The molecule has 0 unspecified atom stereocenters. The van der Waals surface area contributed by atoms with E-state index in [1.807, 2.05) is 23.1 Å². The Hall–Kier alpha value is -2.53. The van der Waals surface area contributed by atoms with E-state index in [2.05, 4.69) is 20.6 Å². The lowest BCUT2D eigenvalue weighted by Crippen LogP contribution is -2.42. The van der Waals surface area contributed by atoms with Crippen molar-refractivity contribution in [2.45, 2.75) is 12.5 Å². The summed E-state index contributed by atoms with van der Waals surface area (Å²) >= 11 is 0. The van der Waals surface area contributed by atoms with Gasteiger partial charge in [-0.2, -0.15) is 13.5 Å². The van der Waals surface area contributed by atoms with Crippen molar-refractivity contribution in [1.29, 1.82) is 0 Å². The minimum absolute atomic E-state index is 0. The summed E-state index contributed by atoms with van der Waals surface area (Å²) in [4.78, 5) is 15.7. The molecule has 2 aliphatic rings. The Morgan fingerprint density at radius 3 is 2.88 bits per heavy atom. The SMILES string of the molecule is Fc1cc(-c2cc3nccnc3c(NC[C@@H]3CNCCO3)n2)ccc1N1CCCOCC1.S. The standard InChI is InChI=1S/C23H27FN6O2.H2S/c24-18-12-16(2-3-21(18)30-7-1-9-31-11-8-30)19-13-20-22(27-5-4-26-20)23(29-19)28-15-17-14-25-6-10-32-17;/h2-5,12-13,17,25H,1,6-11,14-15H2,(H,28,29);1H2/t17-;/m0./s1. The summed E-state index contributed by atoms with van der Waals surface area (Å²) in [5.41, 5.74) is 3.33. The molecule has 176 valence electrons. The van der Waals surface area contributed by atoms with Crippen LogP contribution in [-0.4, -0.2) is 73.6 Å². The number of nitrogens with one attached hydrogen (secondary N) is 2. The summed E-state index contributed by atoms with van der Waals surface area (Å²) in [7, 11) is 0. The predicted octanol–water partition coefficient (Wildman–Crippen LogP) is 2.57. The Morgan fingerprint density at radius 1 is 1.12 bits per heavy atom. The number of anilines is 2. The molecule has 5 rings (SSSR count). The van der Waals surface area contributed by atoms with E-state index in [1.165, 1.54) is 0 Å². The second kappa shape index (κ2) is 11.1. The molecule has 0 spiro atoms. The third-order valence-corrected chi connectivity index (χ3v) is 5.76. The van der Waals surface area contributed by atoms with E-state index in [4.69, 9.17) is 14.5 Å². The minimum atomic E-state index is -0.262. The van der Waals surface area contributed by atoms with Crippen molar-refractivity contribution in [3.05, 3.63) is 42.5 Å². The zero-order valence-corrected chi connectivity index (χ0v) is 19.4. The maximum atomic E-state index is 15.1. The van der Waals surface area contributed by atoms with Crippen molar-refractivity contribution in [2.24, 2.45) is 0 Å². The molecule has 1 atom stereocenters. The monoisotopic (exact) mass is 472 g/mol. The van der Waals surface area contributed by atoms with Gasteiger partial charge >= 0.3 is 0 Å². The Bertz CT molecular complexity index is 1070. The molecule has 2 aromatic heterocycles. The Kier molecular flexibility index (Phi) is 7.92. The van der Waals surface area contributed by atoms with Gasteiger partial charge in [0.2, 0.25) is 0 Å². The second-order valence-electron chi connectivity index (χ2n) is 7.98. The fraction of sp³-hybridized carbons (Fsp3) is 0.435. The van der Waals surface area contributed by atoms with Crippen molar-refractivity contribution >= 4 is 36.0 Å². The molecule has 2 fully saturated rings. The zero-order chi connectivity index (χ0) is 21.8. The lowest BCUT2D eigenvalue weighted by molar-refractivity contribution is 0.0372. The number of morpholine rings is 1. The largest absolute Gasteiger partial charge is 0.380 e. The van der Waals surface area contributed by atoms with Crippen LogP contribution in [-0.2, 0) is 9.47 Å². The topological polar surface area (TPSA) is 84.4 Å². The molecular formula is C23H29FN6O2S. The molecule has 0 saturated carbocycles. The summed E-state index contributed by atoms with van der Waals surface area (Å²) < 4.78 is 26.3. The molecule has 0 bridgehead atoms. The maximum Gasteiger partial charge on any atom is 0.154 e. The summed E-state index contributed by atoms with van der Waals surface area (Å²) in [6.45, 7) is 5.74. The molecule has 33 heavy (non-hydrogen) atoms. The van der Waals surface area contributed by atoms with Crippen molar-refractivity contribution in [1.82, 2.24) is 20.3 Å². The average Bonchev–Trinajstić information content (AvgIpc) is 3.12. The van der Waals surface area contributed by atoms with Crippen LogP contribution >= 0.6 is 13.5 Å². The van der Waals surface area contributed by atoms with Crippen LogP contribution in [0.15, 0.2) is 36.7 Å². The van der Waals surface area contributed by atoms with Crippen LogP contribution in [0, 0.1) is 5.82 Å². The van der Waals surface area contributed by atoms with Gasteiger partial charge in [0, 0.05) is 57.3 Å². The number of nitrogens with zero attached hydrogens (tertiary/aromatic N) is 4. The molecule has 3 aromatic rings. The number of hydrogen-bond donors (Lipinski definition) is 2. The molecule has 0 aliphatic carbocycles. The third kappa shape index (κ3) is 5.52. The van der Waals surface area contributed by atoms with Crippen LogP contribution in [0.1, 0.15) is 6.42 Å². The quantitative estimate of drug-likeness (QED) is 0.586. The van der Waals surface area contributed by atoms with Crippen molar-refractivity contribution in [2.75, 3.05) is 62.8 Å². The zero-order valence-electron chi connectivity index (χ0n) is 18.4. The summed E-state index contributed by atoms with van der Waals surface area (Å²) in [5.74, 6) is 0.357. The minimum Gasteiger partial charge on any atom is -0.380 e. The van der Waals surface area contributed by atoms with Crippen LogP contribution in [0.5, 0.6) is 0 Å². The highest BCUT2D eigenvalue weighted by molar-refractivity contribution is 7.59. The third-order valence-electron chi connectivity index (χ3n) is 5.76. The molecule has 2 saturated heterocycles. The molecular weight excluding hydrogens is 443 g/mol. The van der Waals surface area contributed by atoms with Gasteiger partial charge in [-0.1, -0.05) is 6.07 Å². The highest BCUT2D eigenvalue weighted by Crippen LogP contribution is 2.29. The Balaban J connectivity index is 0.00000259. The van der Waals surface area contributed by atoms with Crippen LogP contribution in [0.3, 0.4) is 0 Å². The van der Waals surface area contributed by atoms with Gasteiger partial charge in [-0.05, 0) is 24.6 Å².